The number of hydrogen-bond acceptors (Lipinski definition) is 6. The van der Waals surface area contributed by atoms with E-state index in [0.717, 1.165) is 0 Å². The molecule has 0 bridgehead atoms. The number of aromatic amines is 1. The fraction of sp³-hybridized carbons (Fsp3) is 0.158. The molecule has 1 spiro atoms. The molecule has 1 unspecified atom stereocenters. The molecule has 154 valence electrons. The van der Waals surface area contributed by atoms with Gasteiger partial charge >= 0.3 is 0 Å². The molecule has 10 nitrogen and oxygen atoms in total. The normalized spacial score (nSPS) is 19.5. The second kappa shape index (κ2) is 6.02. The van der Waals surface area contributed by atoms with Gasteiger partial charge in [-0.1, -0.05) is 23.2 Å². The smallest absolute Gasteiger partial charge is 0.240 e. The van der Waals surface area contributed by atoms with Gasteiger partial charge in [0.25, 0.3) is 0 Å². The number of benzene rings is 1. The van der Waals surface area contributed by atoms with E-state index >= 15 is 0 Å². The van der Waals surface area contributed by atoms with E-state index in [0.29, 0.717) is 55.4 Å². The number of anilines is 2. The molecule has 0 saturated carbocycles. The van der Waals surface area contributed by atoms with E-state index in [1.54, 1.807) is 19.1 Å². The molecular formula is C19H12Cl2N8O2. The van der Waals surface area contributed by atoms with Gasteiger partial charge in [0.2, 0.25) is 11.8 Å². The number of nitrogens with one attached hydrogen (secondary N) is 3. The lowest BCUT2D eigenvalue weighted by molar-refractivity contribution is -0.125. The molecule has 0 saturated heterocycles. The highest BCUT2D eigenvalue weighted by Crippen LogP contribution is 2.53. The second-order valence-corrected chi connectivity index (χ2v) is 8.26. The Morgan fingerprint density at radius 2 is 1.97 bits per heavy atom. The number of fused-ring (bicyclic) bond motifs is 5. The number of rotatable bonds is 1. The molecule has 31 heavy (non-hydrogen) atoms. The van der Waals surface area contributed by atoms with E-state index in [1.807, 2.05) is 0 Å². The lowest BCUT2D eigenvalue weighted by Gasteiger charge is -2.32. The zero-order valence-electron chi connectivity index (χ0n) is 15.8. The van der Waals surface area contributed by atoms with Crippen molar-refractivity contribution in [2.75, 3.05) is 10.6 Å². The summed E-state index contributed by atoms with van der Waals surface area (Å²) in [6.07, 6.45) is 2.75. The topological polar surface area (TPSA) is 130 Å². The minimum atomic E-state index is -1.32. The maximum atomic E-state index is 13.4. The number of amides is 2. The Bertz CT molecular complexity index is 1460. The van der Waals surface area contributed by atoms with Crippen LogP contribution in [0.25, 0.3) is 17.0 Å². The highest BCUT2D eigenvalue weighted by Gasteiger charge is 2.56. The van der Waals surface area contributed by atoms with E-state index in [9.17, 15) is 9.59 Å². The molecule has 0 fully saturated rings. The quantitative estimate of drug-likeness (QED) is 0.405. The number of hydrogen-bond donors (Lipinski definition) is 3. The number of aryl methyl sites for hydroxylation is 1. The fourth-order valence-corrected chi connectivity index (χ4v) is 5.07. The number of nitrogens with zero attached hydrogens (tertiary/aromatic N) is 5. The second-order valence-electron chi connectivity index (χ2n) is 7.41. The summed E-state index contributed by atoms with van der Waals surface area (Å²) in [6.45, 7) is 1.78. The molecule has 4 aromatic rings. The van der Waals surface area contributed by atoms with Crippen LogP contribution in [0.1, 0.15) is 23.2 Å². The molecule has 5 heterocycles. The molecule has 6 rings (SSSR count). The van der Waals surface area contributed by atoms with Crippen molar-refractivity contribution >= 4 is 57.7 Å². The van der Waals surface area contributed by atoms with E-state index < -0.39 is 5.41 Å². The van der Waals surface area contributed by atoms with E-state index in [2.05, 4.69) is 35.7 Å². The summed E-state index contributed by atoms with van der Waals surface area (Å²) in [5.41, 5.74) is 1.79. The molecule has 0 aliphatic carbocycles. The largest absolute Gasteiger partial charge is 0.340 e. The van der Waals surface area contributed by atoms with Gasteiger partial charge < -0.3 is 15.6 Å². The van der Waals surface area contributed by atoms with Gasteiger partial charge in [-0.25, -0.2) is 15.0 Å². The van der Waals surface area contributed by atoms with Crippen molar-refractivity contribution in [3.63, 3.8) is 0 Å². The molecule has 0 radical (unpaired) electrons. The van der Waals surface area contributed by atoms with Gasteiger partial charge in [0.15, 0.2) is 11.5 Å². The summed E-state index contributed by atoms with van der Waals surface area (Å²) in [5, 5.41) is 11.0. The minimum Gasteiger partial charge on any atom is -0.340 e. The predicted octanol–water partition coefficient (Wildman–Crippen LogP) is 2.73. The van der Waals surface area contributed by atoms with Crippen molar-refractivity contribution in [1.29, 1.82) is 0 Å². The van der Waals surface area contributed by atoms with Crippen LogP contribution < -0.4 is 10.6 Å². The van der Waals surface area contributed by atoms with Crippen molar-refractivity contribution in [3.05, 3.63) is 51.7 Å². The number of H-pyrrole nitrogens is 1. The number of imidazole rings is 1. The van der Waals surface area contributed by atoms with Gasteiger partial charge in [-0.3, -0.25) is 9.59 Å². The maximum absolute atomic E-state index is 13.4. The third kappa shape index (κ3) is 2.28. The zero-order valence-corrected chi connectivity index (χ0v) is 17.3. The fourth-order valence-electron chi connectivity index (χ4n) is 4.53. The first-order valence-electron chi connectivity index (χ1n) is 9.25. The average molecular weight is 455 g/mol. The van der Waals surface area contributed by atoms with Crippen LogP contribution in [0.4, 0.5) is 11.5 Å². The maximum Gasteiger partial charge on any atom is 0.240 e. The first-order chi connectivity index (χ1) is 14.9. The number of halogens is 2. The van der Waals surface area contributed by atoms with Crippen LogP contribution in [0.2, 0.25) is 10.0 Å². The Morgan fingerprint density at radius 1 is 1.13 bits per heavy atom. The summed E-state index contributed by atoms with van der Waals surface area (Å²) in [7, 11) is 0. The van der Waals surface area contributed by atoms with Gasteiger partial charge in [0.05, 0.1) is 22.7 Å². The van der Waals surface area contributed by atoms with Crippen LogP contribution in [0.3, 0.4) is 0 Å². The SMILES string of the molecule is Cc1nn(-c2ncnc3nc[nH]c23)c2c1C1(CC(=O)N2)C(=O)Nc2c(Cl)cc(Cl)cc21. The summed E-state index contributed by atoms with van der Waals surface area (Å²) in [6, 6.07) is 3.22. The number of carbonyl (C=O) groups excluding carboxylic acids is 2. The standard InChI is InChI=1S/C19H12Cl2N8O2/c1-7-12-16(29(28-7)17-14-15(23-5-22-14)24-6-25-17)26-11(30)4-19(12)9-2-8(20)3-10(21)13(9)27-18(19)31/h2-3,5-6H,4H2,1H3,(H,26,30)(H,27,31)(H,22,23,24,25). The zero-order chi connectivity index (χ0) is 21.5. The van der Waals surface area contributed by atoms with E-state index in [-0.39, 0.29) is 18.2 Å². The van der Waals surface area contributed by atoms with Crippen molar-refractivity contribution in [3.8, 4) is 5.82 Å². The lowest BCUT2D eigenvalue weighted by Crippen LogP contribution is -2.43. The Balaban J connectivity index is 1.68. The van der Waals surface area contributed by atoms with Gasteiger partial charge in [-0.2, -0.15) is 9.78 Å². The van der Waals surface area contributed by atoms with Crippen molar-refractivity contribution < 1.29 is 9.59 Å². The van der Waals surface area contributed by atoms with Gasteiger partial charge in [0.1, 0.15) is 23.1 Å². The monoisotopic (exact) mass is 454 g/mol. The predicted molar refractivity (Wildman–Crippen MR) is 113 cm³/mol. The Labute approximate surface area is 184 Å². The Kier molecular flexibility index (Phi) is 3.55. The van der Waals surface area contributed by atoms with Gasteiger partial charge in [0, 0.05) is 17.0 Å². The van der Waals surface area contributed by atoms with Crippen LogP contribution in [-0.4, -0.2) is 41.5 Å². The van der Waals surface area contributed by atoms with E-state index in [4.69, 9.17) is 23.2 Å². The first kappa shape index (κ1) is 18.3. The third-order valence-corrected chi connectivity index (χ3v) is 6.23. The van der Waals surface area contributed by atoms with Crippen LogP contribution in [0, 0.1) is 6.92 Å². The van der Waals surface area contributed by atoms with Crippen molar-refractivity contribution in [2.24, 2.45) is 0 Å². The molecule has 12 heteroatoms. The molecule has 1 atom stereocenters. The van der Waals surface area contributed by atoms with E-state index in [1.165, 1.54) is 17.3 Å². The molecule has 2 aliphatic rings. The van der Waals surface area contributed by atoms with Gasteiger partial charge in [-0.15, -0.1) is 0 Å². The third-order valence-electron chi connectivity index (χ3n) is 5.72. The highest BCUT2D eigenvalue weighted by molar-refractivity contribution is 6.38. The summed E-state index contributed by atoms with van der Waals surface area (Å²) in [4.78, 5) is 41.8. The Hall–Kier alpha value is -3.50. The first-order valence-corrected chi connectivity index (χ1v) is 10.0. The summed E-state index contributed by atoms with van der Waals surface area (Å²) < 4.78 is 1.49. The minimum absolute atomic E-state index is 0.106. The number of aromatic nitrogens is 6. The average Bonchev–Trinajstić information content (AvgIpc) is 3.39. The van der Waals surface area contributed by atoms with Crippen LogP contribution in [-0.2, 0) is 15.0 Å². The molecule has 3 aromatic heterocycles. The Morgan fingerprint density at radius 3 is 2.81 bits per heavy atom. The summed E-state index contributed by atoms with van der Waals surface area (Å²) >= 11 is 12.6. The highest BCUT2D eigenvalue weighted by atomic mass is 35.5. The summed E-state index contributed by atoms with van der Waals surface area (Å²) in [5.74, 6) is 0.0388. The molecule has 2 amide bonds. The lowest BCUT2D eigenvalue weighted by atomic mass is 9.70. The van der Waals surface area contributed by atoms with Crippen LogP contribution >= 0.6 is 23.2 Å². The molecule has 3 N–H and O–H groups in total. The van der Waals surface area contributed by atoms with Crippen LogP contribution in [0.5, 0.6) is 0 Å². The van der Waals surface area contributed by atoms with Crippen molar-refractivity contribution in [2.45, 2.75) is 18.8 Å². The van der Waals surface area contributed by atoms with Gasteiger partial charge in [-0.05, 0) is 24.6 Å². The van der Waals surface area contributed by atoms with Crippen LogP contribution in [0.15, 0.2) is 24.8 Å². The molecular weight excluding hydrogens is 443 g/mol. The number of carbonyl (C=O) groups is 2. The van der Waals surface area contributed by atoms with Crippen molar-refractivity contribution in [1.82, 2.24) is 29.7 Å². The molecule has 1 aromatic carbocycles. The molecule has 2 aliphatic heterocycles.